The number of aryl methyl sites for hydroxylation is 1. The minimum atomic E-state index is 0.222. The van der Waals surface area contributed by atoms with Crippen LogP contribution in [0.3, 0.4) is 0 Å². The van der Waals surface area contributed by atoms with Gasteiger partial charge in [-0.05, 0) is 38.4 Å². The second-order valence-corrected chi connectivity index (χ2v) is 5.48. The van der Waals surface area contributed by atoms with Gasteiger partial charge in [-0.15, -0.1) is 10.2 Å². The van der Waals surface area contributed by atoms with Crippen LogP contribution in [0.15, 0.2) is 37.8 Å². The molecule has 3 aromatic rings. The lowest BCUT2D eigenvalue weighted by Gasteiger charge is -2.19. The summed E-state index contributed by atoms with van der Waals surface area (Å²) in [5, 5.41) is 12.1. The summed E-state index contributed by atoms with van der Waals surface area (Å²) in [6, 6.07) is 5.81. The lowest BCUT2D eigenvalue weighted by molar-refractivity contribution is 0.190. The monoisotopic (exact) mass is 300 g/mol. The van der Waals surface area contributed by atoms with E-state index in [4.69, 9.17) is 13.4 Å². The molecular weight excluding hydrogens is 284 g/mol. The van der Waals surface area contributed by atoms with Crippen LogP contribution in [0, 0.1) is 6.92 Å². The SMILES string of the molecule is Cc1cc(C2CCCN2Cc2nnc(-c3ccco3)o2)on1. The van der Waals surface area contributed by atoms with E-state index in [1.807, 2.05) is 13.0 Å². The minimum absolute atomic E-state index is 0.222. The Labute approximate surface area is 126 Å². The summed E-state index contributed by atoms with van der Waals surface area (Å²) < 4.78 is 16.3. The first-order valence-corrected chi connectivity index (χ1v) is 7.33. The van der Waals surface area contributed by atoms with Crippen molar-refractivity contribution in [2.75, 3.05) is 6.54 Å². The molecule has 0 aromatic carbocycles. The first-order valence-electron chi connectivity index (χ1n) is 7.33. The standard InChI is InChI=1S/C15H16N4O3/c1-10-8-13(22-18-10)11-4-2-6-19(11)9-14-16-17-15(21-14)12-5-3-7-20-12/h3,5,7-8,11H,2,4,6,9H2,1H3. The van der Waals surface area contributed by atoms with E-state index in [0.717, 1.165) is 30.8 Å². The van der Waals surface area contributed by atoms with Crippen molar-refractivity contribution in [1.82, 2.24) is 20.3 Å². The largest absolute Gasteiger partial charge is 0.459 e. The maximum atomic E-state index is 5.68. The third kappa shape index (κ3) is 2.43. The Balaban J connectivity index is 1.50. The van der Waals surface area contributed by atoms with Crippen molar-refractivity contribution in [2.24, 2.45) is 0 Å². The molecule has 1 saturated heterocycles. The summed E-state index contributed by atoms with van der Waals surface area (Å²) in [5.41, 5.74) is 0.903. The average molecular weight is 300 g/mol. The van der Waals surface area contributed by atoms with Gasteiger partial charge in [0.15, 0.2) is 11.5 Å². The zero-order chi connectivity index (χ0) is 14.9. The number of aromatic nitrogens is 3. The van der Waals surface area contributed by atoms with E-state index in [-0.39, 0.29) is 6.04 Å². The Kier molecular flexibility index (Phi) is 3.27. The van der Waals surface area contributed by atoms with Crippen LogP contribution >= 0.6 is 0 Å². The fourth-order valence-corrected chi connectivity index (χ4v) is 2.87. The first-order chi connectivity index (χ1) is 10.8. The smallest absolute Gasteiger partial charge is 0.283 e. The van der Waals surface area contributed by atoms with Gasteiger partial charge in [0, 0.05) is 6.07 Å². The zero-order valence-corrected chi connectivity index (χ0v) is 12.2. The van der Waals surface area contributed by atoms with E-state index in [0.29, 0.717) is 24.1 Å². The van der Waals surface area contributed by atoms with Crippen molar-refractivity contribution in [2.45, 2.75) is 32.4 Å². The molecule has 1 fully saturated rings. The zero-order valence-electron chi connectivity index (χ0n) is 12.2. The number of likely N-dealkylation sites (tertiary alicyclic amines) is 1. The Hall–Kier alpha value is -2.41. The molecule has 0 aliphatic carbocycles. The molecule has 3 aromatic heterocycles. The lowest BCUT2D eigenvalue weighted by atomic mass is 10.1. The van der Waals surface area contributed by atoms with E-state index >= 15 is 0 Å². The van der Waals surface area contributed by atoms with Crippen LogP contribution < -0.4 is 0 Å². The van der Waals surface area contributed by atoms with Gasteiger partial charge in [0.2, 0.25) is 5.89 Å². The van der Waals surface area contributed by atoms with Crippen LogP contribution in [0.1, 0.15) is 36.2 Å². The van der Waals surface area contributed by atoms with Gasteiger partial charge in [-0.3, -0.25) is 4.90 Å². The highest BCUT2D eigenvalue weighted by Gasteiger charge is 2.30. The lowest BCUT2D eigenvalue weighted by Crippen LogP contribution is -2.22. The molecule has 7 heteroatoms. The third-order valence-corrected chi connectivity index (χ3v) is 3.88. The predicted octanol–water partition coefficient (Wildman–Crippen LogP) is 2.96. The fourth-order valence-electron chi connectivity index (χ4n) is 2.87. The quantitative estimate of drug-likeness (QED) is 0.732. The Morgan fingerprint density at radius 2 is 2.32 bits per heavy atom. The van der Waals surface area contributed by atoms with Crippen molar-refractivity contribution in [3.8, 4) is 11.7 Å². The molecule has 4 rings (SSSR count). The summed E-state index contributed by atoms with van der Waals surface area (Å²) in [4.78, 5) is 2.28. The fraction of sp³-hybridized carbons (Fsp3) is 0.400. The Bertz CT molecular complexity index is 747. The molecule has 0 N–H and O–H groups in total. The number of furan rings is 1. The van der Waals surface area contributed by atoms with Gasteiger partial charge < -0.3 is 13.4 Å². The summed E-state index contributed by atoms with van der Waals surface area (Å²) in [6.07, 6.45) is 3.75. The maximum absolute atomic E-state index is 5.68. The Morgan fingerprint density at radius 1 is 1.36 bits per heavy atom. The second kappa shape index (κ2) is 5.42. The topological polar surface area (TPSA) is 81.3 Å². The highest BCUT2D eigenvalue weighted by molar-refractivity contribution is 5.42. The average Bonchev–Trinajstić information content (AvgIpc) is 3.26. The van der Waals surface area contributed by atoms with E-state index in [2.05, 4.69) is 20.3 Å². The molecule has 0 radical (unpaired) electrons. The first kappa shape index (κ1) is 13.3. The van der Waals surface area contributed by atoms with Crippen LogP contribution in [0.4, 0.5) is 0 Å². The summed E-state index contributed by atoms with van der Waals surface area (Å²) in [7, 11) is 0. The second-order valence-electron chi connectivity index (χ2n) is 5.48. The maximum Gasteiger partial charge on any atom is 0.283 e. The van der Waals surface area contributed by atoms with Gasteiger partial charge in [0.05, 0.1) is 24.5 Å². The van der Waals surface area contributed by atoms with Crippen molar-refractivity contribution < 1.29 is 13.4 Å². The molecular formula is C15H16N4O3. The van der Waals surface area contributed by atoms with Crippen molar-refractivity contribution in [3.05, 3.63) is 41.8 Å². The summed E-state index contributed by atoms with van der Waals surface area (Å²) >= 11 is 0. The van der Waals surface area contributed by atoms with Gasteiger partial charge in [-0.25, -0.2) is 0 Å². The summed E-state index contributed by atoms with van der Waals surface area (Å²) in [5.74, 6) is 2.48. The van der Waals surface area contributed by atoms with E-state index in [1.54, 1.807) is 18.4 Å². The van der Waals surface area contributed by atoms with E-state index in [1.165, 1.54) is 0 Å². The minimum Gasteiger partial charge on any atom is -0.459 e. The summed E-state index contributed by atoms with van der Waals surface area (Å²) in [6.45, 7) is 3.50. The third-order valence-electron chi connectivity index (χ3n) is 3.88. The molecule has 7 nitrogen and oxygen atoms in total. The highest BCUT2D eigenvalue weighted by atomic mass is 16.5. The van der Waals surface area contributed by atoms with Crippen LogP contribution in [0.25, 0.3) is 11.7 Å². The number of hydrogen-bond donors (Lipinski definition) is 0. The van der Waals surface area contributed by atoms with Crippen LogP contribution in [-0.2, 0) is 6.54 Å². The molecule has 114 valence electrons. The Morgan fingerprint density at radius 3 is 3.09 bits per heavy atom. The molecule has 1 aliphatic heterocycles. The number of nitrogens with zero attached hydrogens (tertiary/aromatic N) is 4. The van der Waals surface area contributed by atoms with Gasteiger partial charge in [-0.2, -0.15) is 0 Å². The van der Waals surface area contributed by atoms with Gasteiger partial charge >= 0.3 is 0 Å². The normalized spacial score (nSPS) is 19.0. The molecule has 22 heavy (non-hydrogen) atoms. The van der Waals surface area contributed by atoms with Gasteiger partial charge in [-0.1, -0.05) is 5.16 Å². The predicted molar refractivity (Wildman–Crippen MR) is 75.6 cm³/mol. The highest BCUT2D eigenvalue weighted by Crippen LogP contribution is 2.33. The molecule has 0 amide bonds. The van der Waals surface area contributed by atoms with Crippen LogP contribution in [0.2, 0.25) is 0 Å². The van der Waals surface area contributed by atoms with Gasteiger partial charge in [0.1, 0.15) is 0 Å². The van der Waals surface area contributed by atoms with Crippen LogP contribution in [0.5, 0.6) is 0 Å². The van der Waals surface area contributed by atoms with E-state index < -0.39 is 0 Å². The molecule has 1 unspecified atom stereocenters. The van der Waals surface area contributed by atoms with Crippen molar-refractivity contribution >= 4 is 0 Å². The molecule has 4 heterocycles. The number of rotatable bonds is 4. The molecule has 0 saturated carbocycles. The van der Waals surface area contributed by atoms with Crippen LogP contribution in [-0.4, -0.2) is 26.8 Å². The van der Waals surface area contributed by atoms with Gasteiger partial charge in [0.25, 0.3) is 5.89 Å². The molecule has 0 bridgehead atoms. The van der Waals surface area contributed by atoms with E-state index in [9.17, 15) is 0 Å². The molecule has 1 atom stereocenters. The van der Waals surface area contributed by atoms with Crippen molar-refractivity contribution in [1.29, 1.82) is 0 Å². The van der Waals surface area contributed by atoms with Crippen molar-refractivity contribution in [3.63, 3.8) is 0 Å². The molecule has 1 aliphatic rings. The molecule has 0 spiro atoms. The number of hydrogen-bond acceptors (Lipinski definition) is 7.